The van der Waals surface area contributed by atoms with Crippen LogP contribution in [0, 0.1) is 0 Å². The molecule has 0 radical (unpaired) electrons. The number of benzene rings is 2. The Bertz CT molecular complexity index is 818. The predicted molar refractivity (Wildman–Crippen MR) is 101 cm³/mol. The summed E-state index contributed by atoms with van der Waals surface area (Å²) in [7, 11) is -1.71. The number of hydrogen-bond acceptors (Lipinski definition) is 3. The Morgan fingerprint density at radius 1 is 0.920 bits per heavy atom. The van der Waals surface area contributed by atoms with Gasteiger partial charge in [0.2, 0.25) is 5.91 Å². The molecule has 0 bridgehead atoms. The van der Waals surface area contributed by atoms with E-state index in [2.05, 4.69) is 0 Å². The Labute approximate surface area is 158 Å². The summed E-state index contributed by atoms with van der Waals surface area (Å²) in [6, 6.07) is 13.8. The van der Waals surface area contributed by atoms with Crippen molar-refractivity contribution in [3.63, 3.8) is 0 Å². The lowest BCUT2D eigenvalue weighted by molar-refractivity contribution is -0.130. The van der Waals surface area contributed by atoms with Crippen molar-refractivity contribution in [3.8, 4) is 0 Å². The van der Waals surface area contributed by atoms with Crippen molar-refractivity contribution in [3.05, 3.63) is 69.7 Å². The molecule has 0 saturated carbocycles. The standard InChI is InChI=1S/C18H19Cl2NO3S/c1-21(12-14-2-6-16(19)7-3-14)18(22)10-11-25(23,24)13-15-4-8-17(20)9-5-15/h2-9H,10-13H2,1H3. The van der Waals surface area contributed by atoms with Crippen LogP contribution in [-0.4, -0.2) is 32.0 Å². The molecular formula is C18H19Cl2NO3S. The van der Waals surface area contributed by atoms with E-state index in [1.807, 2.05) is 12.1 Å². The zero-order valence-electron chi connectivity index (χ0n) is 13.8. The van der Waals surface area contributed by atoms with E-state index in [-0.39, 0.29) is 23.8 Å². The smallest absolute Gasteiger partial charge is 0.223 e. The molecule has 25 heavy (non-hydrogen) atoms. The predicted octanol–water partition coefficient (Wildman–Crippen LogP) is 3.96. The maximum Gasteiger partial charge on any atom is 0.223 e. The van der Waals surface area contributed by atoms with Gasteiger partial charge < -0.3 is 4.90 Å². The van der Waals surface area contributed by atoms with Crippen molar-refractivity contribution in [1.82, 2.24) is 4.90 Å². The Morgan fingerprint density at radius 2 is 1.40 bits per heavy atom. The Hall–Kier alpha value is -1.56. The van der Waals surface area contributed by atoms with Crippen LogP contribution in [0.5, 0.6) is 0 Å². The molecule has 0 fully saturated rings. The highest BCUT2D eigenvalue weighted by Gasteiger charge is 2.17. The Kier molecular flexibility index (Phi) is 6.87. The number of amides is 1. The molecule has 0 atom stereocenters. The van der Waals surface area contributed by atoms with Crippen molar-refractivity contribution in [2.45, 2.75) is 18.7 Å². The summed E-state index contributed by atoms with van der Waals surface area (Å²) in [5.74, 6) is -0.493. The second kappa shape index (κ2) is 8.70. The number of halogens is 2. The number of nitrogens with zero attached hydrogens (tertiary/aromatic N) is 1. The molecule has 2 aromatic rings. The van der Waals surface area contributed by atoms with Crippen LogP contribution in [-0.2, 0) is 26.9 Å². The second-order valence-electron chi connectivity index (χ2n) is 5.84. The van der Waals surface area contributed by atoms with Gasteiger partial charge >= 0.3 is 0 Å². The average Bonchev–Trinajstić information content (AvgIpc) is 2.56. The first-order chi connectivity index (χ1) is 11.7. The quantitative estimate of drug-likeness (QED) is 0.707. The minimum Gasteiger partial charge on any atom is -0.341 e. The first kappa shape index (κ1) is 19.8. The van der Waals surface area contributed by atoms with Crippen LogP contribution in [0.2, 0.25) is 10.0 Å². The summed E-state index contributed by atoms with van der Waals surface area (Å²) in [6.07, 6.45) is -0.0417. The summed E-state index contributed by atoms with van der Waals surface area (Å²) in [5, 5.41) is 1.19. The molecule has 0 aromatic heterocycles. The van der Waals surface area contributed by atoms with Gasteiger partial charge in [-0.25, -0.2) is 8.42 Å². The van der Waals surface area contributed by atoms with Crippen LogP contribution in [0.4, 0.5) is 0 Å². The lowest BCUT2D eigenvalue weighted by Crippen LogP contribution is -2.28. The van der Waals surface area contributed by atoms with E-state index in [9.17, 15) is 13.2 Å². The van der Waals surface area contributed by atoms with E-state index in [4.69, 9.17) is 23.2 Å². The Morgan fingerprint density at radius 3 is 1.92 bits per heavy atom. The lowest BCUT2D eigenvalue weighted by atomic mass is 10.2. The van der Waals surface area contributed by atoms with Gasteiger partial charge in [0.15, 0.2) is 9.84 Å². The summed E-state index contributed by atoms with van der Waals surface area (Å²) < 4.78 is 24.4. The maximum absolute atomic E-state index is 12.2. The molecule has 2 rings (SSSR count). The number of carbonyl (C=O) groups is 1. The van der Waals surface area contributed by atoms with Gasteiger partial charge in [-0.1, -0.05) is 47.5 Å². The topological polar surface area (TPSA) is 54.5 Å². The van der Waals surface area contributed by atoms with Crippen molar-refractivity contribution >= 4 is 38.9 Å². The SMILES string of the molecule is CN(Cc1ccc(Cl)cc1)C(=O)CCS(=O)(=O)Cc1ccc(Cl)cc1. The van der Waals surface area contributed by atoms with E-state index in [0.717, 1.165) is 5.56 Å². The van der Waals surface area contributed by atoms with E-state index in [0.29, 0.717) is 22.2 Å². The molecule has 0 aliphatic carbocycles. The van der Waals surface area contributed by atoms with Gasteiger partial charge in [0.1, 0.15) is 0 Å². The van der Waals surface area contributed by atoms with Crippen LogP contribution in [0.25, 0.3) is 0 Å². The first-order valence-corrected chi connectivity index (χ1v) is 10.3. The first-order valence-electron chi connectivity index (χ1n) is 7.68. The molecule has 0 heterocycles. The van der Waals surface area contributed by atoms with Crippen molar-refractivity contribution in [2.75, 3.05) is 12.8 Å². The van der Waals surface area contributed by atoms with Gasteiger partial charge in [-0.2, -0.15) is 0 Å². The fourth-order valence-electron chi connectivity index (χ4n) is 2.29. The van der Waals surface area contributed by atoms with Gasteiger partial charge in [-0.05, 0) is 35.4 Å². The zero-order valence-corrected chi connectivity index (χ0v) is 16.1. The molecule has 0 aliphatic heterocycles. The fraction of sp³-hybridized carbons (Fsp3) is 0.278. The molecule has 2 aromatic carbocycles. The molecule has 0 spiro atoms. The normalized spacial score (nSPS) is 11.3. The van der Waals surface area contributed by atoms with Gasteiger partial charge in [0.25, 0.3) is 0 Å². The molecule has 7 heteroatoms. The van der Waals surface area contributed by atoms with E-state index in [1.165, 1.54) is 4.90 Å². The maximum atomic E-state index is 12.2. The zero-order chi connectivity index (χ0) is 18.4. The van der Waals surface area contributed by atoms with Crippen LogP contribution < -0.4 is 0 Å². The molecule has 0 unspecified atom stereocenters. The van der Waals surface area contributed by atoms with Crippen LogP contribution >= 0.6 is 23.2 Å². The van der Waals surface area contributed by atoms with Crippen LogP contribution in [0.1, 0.15) is 17.5 Å². The number of hydrogen-bond donors (Lipinski definition) is 0. The summed E-state index contributed by atoms with van der Waals surface area (Å²) in [5.41, 5.74) is 1.59. The second-order valence-corrected chi connectivity index (χ2v) is 8.90. The van der Waals surface area contributed by atoms with Crippen molar-refractivity contribution in [1.29, 1.82) is 0 Å². The van der Waals surface area contributed by atoms with Crippen molar-refractivity contribution < 1.29 is 13.2 Å². The van der Waals surface area contributed by atoms with Crippen LogP contribution in [0.3, 0.4) is 0 Å². The van der Waals surface area contributed by atoms with E-state index < -0.39 is 9.84 Å². The van der Waals surface area contributed by atoms with Gasteiger partial charge in [0, 0.05) is 30.1 Å². The minimum atomic E-state index is -3.36. The van der Waals surface area contributed by atoms with Gasteiger partial charge in [-0.15, -0.1) is 0 Å². The fourth-order valence-corrected chi connectivity index (χ4v) is 3.87. The van der Waals surface area contributed by atoms with Gasteiger partial charge in [0.05, 0.1) is 11.5 Å². The average molecular weight is 400 g/mol. The third-order valence-corrected chi connectivity index (χ3v) is 5.79. The lowest BCUT2D eigenvalue weighted by Gasteiger charge is -2.17. The molecule has 1 amide bonds. The molecule has 0 aliphatic rings. The highest BCUT2D eigenvalue weighted by Crippen LogP contribution is 2.14. The molecule has 4 nitrogen and oxygen atoms in total. The summed E-state index contributed by atoms with van der Waals surface area (Å²) >= 11 is 11.6. The third-order valence-electron chi connectivity index (χ3n) is 3.69. The van der Waals surface area contributed by atoms with Crippen LogP contribution in [0.15, 0.2) is 48.5 Å². The monoisotopic (exact) mass is 399 g/mol. The third kappa shape index (κ3) is 6.69. The minimum absolute atomic E-state index is 0.0417. The summed E-state index contributed by atoms with van der Waals surface area (Å²) in [4.78, 5) is 13.7. The molecular weight excluding hydrogens is 381 g/mol. The number of sulfone groups is 1. The van der Waals surface area contributed by atoms with Gasteiger partial charge in [-0.3, -0.25) is 4.79 Å². The largest absolute Gasteiger partial charge is 0.341 e. The highest BCUT2D eigenvalue weighted by atomic mass is 35.5. The van der Waals surface area contributed by atoms with E-state index >= 15 is 0 Å². The molecule has 0 saturated heterocycles. The van der Waals surface area contributed by atoms with Crippen molar-refractivity contribution in [2.24, 2.45) is 0 Å². The van der Waals surface area contributed by atoms with E-state index in [1.54, 1.807) is 43.4 Å². The number of rotatable bonds is 7. The number of carbonyl (C=O) groups excluding carboxylic acids is 1. The Balaban J connectivity index is 1.86. The molecule has 0 N–H and O–H groups in total. The molecule has 134 valence electrons. The highest BCUT2D eigenvalue weighted by molar-refractivity contribution is 7.90. The summed E-state index contributed by atoms with van der Waals surface area (Å²) in [6.45, 7) is 0.410.